The lowest BCUT2D eigenvalue weighted by Crippen LogP contribution is -2.24. The third kappa shape index (κ3) is 2.43. The van der Waals surface area contributed by atoms with Gasteiger partial charge in [-0.1, -0.05) is 12.1 Å². The van der Waals surface area contributed by atoms with E-state index >= 15 is 0 Å². The Kier molecular flexibility index (Phi) is 3.25. The van der Waals surface area contributed by atoms with Crippen molar-refractivity contribution in [2.45, 2.75) is 26.0 Å². The van der Waals surface area contributed by atoms with Gasteiger partial charge in [0.15, 0.2) is 0 Å². The molecule has 0 saturated carbocycles. The zero-order valence-corrected chi connectivity index (χ0v) is 10.9. The molecule has 0 amide bonds. The van der Waals surface area contributed by atoms with Gasteiger partial charge in [0.25, 0.3) is 0 Å². The predicted octanol–water partition coefficient (Wildman–Crippen LogP) is 2.59. The second-order valence-corrected chi connectivity index (χ2v) is 4.61. The Balaban J connectivity index is 1.93. The summed E-state index contributed by atoms with van der Waals surface area (Å²) in [6, 6.07) is 6.72. The topological polar surface area (TPSA) is 52.0 Å². The molecule has 20 heavy (non-hydrogen) atoms. The number of hydrogen-bond donors (Lipinski definition) is 1. The lowest BCUT2D eigenvalue weighted by atomic mass is 10.0. The number of rotatable bonds is 3. The third-order valence-corrected chi connectivity index (χ3v) is 3.20. The molecule has 1 aliphatic heterocycles. The second kappa shape index (κ2) is 5.07. The van der Waals surface area contributed by atoms with Crippen molar-refractivity contribution in [3.63, 3.8) is 0 Å². The Morgan fingerprint density at radius 2 is 2.30 bits per heavy atom. The number of ether oxygens (including phenoxy) is 1. The standard InChI is InChI=1S/C13H14F2N4O/c1-8-17-13-16-6-5-11(19(13)18-8)9-3-2-4-10(7-9)20-12(14)15/h2-4,7,11-12H,5-6H2,1H3,(H,16,17,18). The van der Waals surface area contributed by atoms with E-state index in [0.717, 1.165) is 18.5 Å². The highest BCUT2D eigenvalue weighted by Crippen LogP contribution is 2.30. The summed E-state index contributed by atoms with van der Waals surface area (Å²) < 4.78 is 30.8. The fraction of sp³-hybridized carbons (Fsp3) is 0.385. The van der Waals surface area contributed by atoms with Gasteiger partial charge in [-0.2, -0.15) is 18.9 Å². The quantitative estimate of drug-likeness (QED) is 0.939. The molecule has 1 aromatic heterocycles. The molecular weight excluding hydrogens is 266 g/mol. The molecule has 106 valence electrons. The molecule has 1 atom stereocenters. The molecule has 0 spiro atoms. The minimum Gasteiger partial charge on any atom is -0.435 e. The van der Waals surface area contributed by atoms with Gasteiger partial charge in [0.1, 0.15) is 11.6 Å². The molecule has 1 aromatic carbocycles. The molecule has 0 saturated heterocycles. The number of halogens is 2. The summed E-state index contributed by atoms with van der Waals surface area (Å²) in [7, 11) is 0. The number of alkyl halides is 2. The number of benzene rings is 1. The SMILES string of the molecule is Cc1nc2n(n1)C(c1cccc(OC(F)F)c1)CCN2. The zero-order chi connectivity index (χ0) is 14.1. The minimum absolute atomic E-state index is 0.0197. The van der Waals surface area contributed by atoms with Gasteiger partial charge >= 0.3 is 6.61 Å². The van der Waals surface area contributed by atoms with Crippen LogP contribution < -0.4 is 10.1 Å². The van der Waals surface area contributed by atoms with Gasteiger partial charge in [-0.3, -0.25) is 0 Å². The zero-order valence-electron chi connectivity index (χ0n) is 10.9. The van der Waals surface area contributed by atoms with Crippen LogP contribution in [0.3, 0.4) is 0 Å². The summed E-state index contributed by atoms with van der Waals surface area (Å²) in [4.78, 5) is 4.29. The Morgan fingerprint density at radius 1 is 1.45 bits per heavy atom. The van der Waals surface area contributed by atoms with E-state index in [-0.39, 0.29) is 11.8 Å². The van der Waals surface area contributed by atoms with Gasteiger partial charge in [0.05, 0.1) is 6.04 Å². The molecular formula is C13H14F2N4O. The van der Waals surface area contributed by atoms with Crippen molar-refractivity contribution in [1.29, 1.82) is 0 Å². The maximum Gasteiger partial charge on any atom is 0.387 e. The Labute approximate surface area is 114 Å². The van der Waals surface area contributed by atoms with Crippen molar-refractivity contribution in [2.75, 3.05) is 11.9 Å². The predicted molar refractivity (Wildman–Crippen MR) is 69.1 cm³/mol. The van der Waals surface area contributed by atoms with E-state index in [1.807, 2.05) is 13.0 Å². The van der Waals surface area contributed by atoms with E-state index in [9.17, 15) is 8.78 Å². The number of fused-ring (bicyclic) bond motifs is 1. The molecule has 7 heteroatoms. The molecule has 2 heterocycles. The van der Waals surface area contributed by atoms with E-state index in [1.54, 1.807) is 16.8 Å². The van der Waals surface area contributed by atoms with Gasteiger partial charge < -0.3 is 10.1 Å². The van der Waals surface area contributed by atoms with Crippen LogP contribution in [-0.2, 0) is 0 Å². The molecule has 5 nitrogen and oxygen atoms in total. The first kappa shape index (κ1) is 12.8. The third-order valence-electron chi connectivity index (χ3n) is 3.20. The summed E-state index contributed by atoms with van der Waals surface area (Å²) in [5.41, 5.74) is 0.885. The van der Waals surface area contributed by atoms with E-state index in [2.05, 4.69) is 20.1 Å². The van der Waals surface area contributed by atoms with Crippen molar-refractivity contribution in [2.24, 2.45) is 0 Å². The van der Waals surface area contributed by atoms with Gasteiger partial charge in [0, 0.05) is 6.54 Å². The van der Waals surface area contributed by atoms with Gasteiger partial charge in [0.2, 0.25) is 5.95 Å². The van der Waals surface area contributed by atoms with E-state index < -0.39 is 6.61 Å². The second-order valence-electron chi connectivity index (χ2n) is 4.61. The van der Waals surface area contributed by atoms with E-state index in [4.69, 9.17) is 0 Å². The Morgan fingerprint density at radius 3 is 3.10 bits per heavy atom. The molecule has 2 aromatic rings. The molecule has 0 aliphatic carbocycles. The van der Waals surface area contributed by atoms with Crippen molar-refractivity contribution in [3.8, 4) is 5.75 Å². The lowest BCUT2D eigenvalue weighted by molar-refractivity contribution is -0.0499. The normalized spacial score (nSPS) is 17.7. The first-order valence-electron chi connectivity index (χ1n) is 6.35. The monoisotopic (exact) mass is 280 g/mol. The molecule has 0 fully saturated rings. The number of aromatic nitrogens is 3. The van der Waals surface area contributed by atoms with Crippen LogP contribution >= 0.6 is 0 Å². The number of anilines is 1. The Bertz CT molecular complexity index is 614. The first-order valence-corrected chi connectivity index (χ1v) is 6.35. The highest BCUT2D eigenvalue weighted by molar-refractivity contribution is 5.36. The maximum absolute atomic E-state index is 12.3. The number of hydrogen-bond acceptors (Lipinski definition) is 4. The van der Waals surface area contributed by atoms with Crippen LogP contribution in [0.5, 0.6) is 5.75 Å². The number of aryl methyl sites for hydroxylation is 1. The van der Waals surface area contributed by atoms with Crippen LogP contribution in [0.15, 0.2) is 24.3 Å². The summed E-state index contributed by atoms with van der Waals surface area (Å²) in [5.74, 6) is 1.55. The van der Waals surface area contributed by atoms with Crippen LogP contribution in [0, 0.1) is 6.92 Å². The fourth-order valence-electron chi connectivity index (χ4n) is 2.42. The van der Waals surface area contributed by atoms with Gasteiger partial charge in [-0.05, 0) is 31.0 Å². The van der Waals surface area contributed by atoms with Gasteiger partial charge in [-0.15, -0.1) is 0 Å². The largest absolute Gasteiger partial charge is 0.435 e. The summed E-state index contributed by atoms with van der Waals surface area (Å²) >= 11 is 0. The minimum atomic E-state index is -2.82. The summed E-state index contributed by atoms with van der Waals surface area (Å²) in [6.07, 6.45) is 0.813. The highest BCUT2D eigenvalue weighted by Gasteiger charge is 2.24. The molecule has 0 radical (unpaired) electrons. The fourth-order valence-corrected chi connectivity index (χ4v) is 2.42. The molecule has 1 aliphatic rings. The van der Waals surface area contributed by atoms with Crippen molar-refractivity contribution < 1.29 is 13.5 Å². The average Bonchev–Trinajstić information content (AvgIpc) is 2.78. The molecule has 1 unspecified atom stereocenters. The van der Waals surface area contributed by atoms with Crippen molar-refractivity contribution in [1.82, 2.24) is 14.8 Å². The van der Waals surface area contributed by atoms with Crippen LogP contribution in [-0.4, -0.2) is 27.9 Å². The maximum atomic E-state index is 12.3. The summed E-state index contributed by atoms with van der Waals surface area (Å²) in [5, 5.41) is 7.52. The van der Waals surface area contributed by atoms with Gasteiger partial charge in [-0.25, -0.2) is 4.68 Å². The van der Waals surface area contributed by atoms with E-state index in [0.29, 0.717) is 11.8 Å². The highest BCUT2D eigenvalue weighted by atomic mass is 19.3. The smallest absolute Gasteiger partial charge is 0.387 e. The summed E-state index contributed by atoms with van der Waals surface area (Å²) in [6.45, 7) is -0.231. The Hall–Kier alpha value is -2.18. The van der Waals surface area contributed by atoms with Crippen molar-refractivity contribution in [3.05, 3.63) is 35.7 Å². The molecule has 3 rings (SSSR count). The lowest BCUT2D eigenvalue weighted by Gasteiger charge is -2.25. The number of nitrogens with zero attached hydrogens (tertiary/aromatic N) is 3. The first-order chi connectivity index (χ1) is 9.63. The van der Waals surface area contributed by atoms with Crippen LogP contribution in [0.25, 0.3) is 0 Å². The average molecular weight is 280 g/mol. The van der Waals surface area contributed by atoms with Crippen LogP contribution in [0.4, 0.5) is 14.7 Å². The van der Waals surface area contributed by atoms with Crippen molar-refractivity contribution >= 4 is 5.95 Å². The molecule has 0 bridgehead atoms. The molecule has 1 N–H and O–H groups in total. The van der Waals surface area contributed by atoms with Crippen LogP contribution in [0.1, 0.15) is 23.9 Å². The van der Waals surface area contributed by atoms with E-state index in [1.165, 1.54) is 6.07 Å². The van der Waals surface area contributed by atoms with Crippen LogP contribution in [0.2, 0.25) is 0 Å². The number of nitrogens with one attached hydrogen (secondary N) is 1.